The van der Waals surface area contributed by atoms with Crippen LogP contribution in [0, 0.1) is 0 Å². The minimum atomic E-state index is -0.370. The number of nitrogens with two attached hydrogens (primary N) is 1. The standard InChI is InChI=1S/C14H20N2O/c1-3-16(2)13(17)14(9-12(15)10-14)11-7-5-4-6-8-11/h4-8,12H,3,9-10,15H2,1-2H3. The number of carbonyl (C=O) groups is 1. The highest BCUT2D eigenvalue weighted by Crippen LogP contribution is 2.44. The van der Waals surface area contributed by atoms with Crippen molar-refractivity contribution in [3.63, 3.8) is 0 Å². The molecule has 1 fully saturated rings. The lowest BCUT2D eigenvalue weighted by atomic mass is 9.61. The molecule has 0 aromatic heterocycles. The van der Waals surface area contributed by atoms with Gasteiger partial charge in [0, 0.05) is 19.6 Å². The van der Waals surface area contributed by atoms with Crippen LogP contribution in [-0.4, -0.2) is 30.4 Å². The van der Waals surface area contributed by atoms with E-state index in [1.165, 1.54) is 0 Å². The molecule has 17 heavy (non-hydrogen) atoms. The van der Waals surface area contributed by atoms with Crippen LogP contribution in [0.2, 0.25) is 0 Å². The highest BCUT2D eigenvalue weighted by atomic mass is 16.2. The molecule has 0 saturated heterocycles. The van der Waals surface area contributed by atoms with Crippen LogP contribution < -0.4 is 5.73 Å². The lowest BCUT2D eigenvalue weighted by molar-refractivity contribution is -0.140. The molecule has 92 valence electrons. The van der Waals surface area contributed by atoms with Gasteiger partial charge in [-0.05, 0) is 25.3 Å². The van der Waals surface area contributed by atoms with Crippen molar-refractivity contribution >= 4 is 5.91 Å². The summed E-state index contributed by atoms with van der Waals surface area (Å²) in [6, 6.07) is 10.2. The van der Waals surface area contributed by atoms with Gasteiger partial charge in [0.05, 0.1) is 5.41 Å². The van der Waals surface area contributed by atoms with Crippen molar-refractivity contribution in [1.29, 1.82) is 0 Å². The van der Waals surface area contributed by atoms with E-state index < -0.39 is 0 Å². The van der Waals surface area contributed by atoms with Gasteiger partial charge in [0.25, 0.3) is 0 Å². The third-order valence-electron chi connectivity index (χ3n) is 3.78. The zero-order chi connectivity index (χ0) is 12.5. The summed E-state index contributed by atoms with van der Waals surface area (Å²) in [6.45, 7) is 2.73. The van der Waals surface area contributed by atoms with Gasteiger partial charge in [-0.15, -0.1) is 0 Å². The molecule has 1 amide bonds. The van der Waals surface area contributed by atoms with Crippen molar-refractivity contribution in [1.82, 2.24) is 4.90 Å². The fourth-order valence-electron chi connectivity index (χ4n) is 2.64. The quantitative estimate of drug-likeness (QED) is 0.859. The number of benzene rings is 1. The Labute approximate surface area is 103 Å². The Morgan fingerprint density at radius 1 is 1.41 bits per heavy atom. The highest BCUT2D eigenvalue weighted by molar-refractivity contribution is 5.89. The minimum Gasteiger partial charge on any atom is -0.345 e. The van der Waals surface area contributed by atoms with Gasteiger partial charge < -0.3 is 10.6 Å². The monoisotopic (exact) mass is 232 g/mol. The average molecular weight is 232 g/mol. The molecule has 0 heterocycles. The maximum Gasteiger partial charge on any atom is 0.233 e. The molecule has 3 heteroatoms. The van der Waals surface area contributed by atoms with Crippen LogP contribution in [0.25, 0.3) is 0 Å². The van der Waals surface area contributed by atoms with Crippen LogP contribution in [0.15, 0.2) is 30.3 Å². The van der Waals surface area contributed by atoms with Crippen LogP contribution in [0.3, 0.4) is 0 Å². The number of likely N-dealkylation sites (N-methyl/N-ethyl adjacent to an activating group) is 1. The number of carbonyl (C=O) groups excluding carboxylic acids is 1. The Morgan fingerprint density at radius 3 is 2.47 bits per heavy atom. The van der Waals surface area contributed by atoms with E-state index in [1.807, 2.05) is 44.3 Å². The first-order chi connectivity index (χ1) is 8.10. The van der Waals surface area contributed by atoms with Crippen molar-refractivity contribution in [2.45, 2.75) is 31.2 Å². The molecule has 0 atom stereocenters. The normalized spacial score (nSPS) is 27.4. The smallest absolute Gasteiger partial charge is 0.233 e. The molecular formula is C14H20N2O. The Morgan fingerprint density at radius 2 is 2.00 bits per heavy atom. The van der Waals surface area contributed by atoms with E-state index in [9.17, 15) is 4.79 Å². The third kappa shape index (κ3) is 1.95. The molecule has 0 aliphatic heterocycles. The Balaban J connectivity index is 2.32. The van der Waals surface area contributed by atoms with Crippen LogP contribution in [0.5, 0.6) is 0 Å². The van der Waals surface area contributed by atoms with E-state index >= 15 is 0 Å². The van der Waals surface area contributed by atoms with Crippen molar-refractivity contribution in [2.24, 2.45) is 5.73 Å². The summed E-state index contributed by atoms with van der Waals surface area (Å²) in [5.41, 5.74) is 6.63. The molecule has 0 unspecified atom stereocenters. The van der Waals surface area contributed by atoms with E-state index in [-0.39, 0.29) is 17.4 Å². The second-order valence-corrected chi connectivity index (χ2v) is 4.94. The van der Waals surface area contributed by atoms with Gasteiger partial charge >= 0.3 is 0 Å². The Bertz CT molecular complexity index is 396. The molecule has 2 N–H and O–H groups in total. The summed E-state index contributed by atoms with van der Waals surface area (Å²) < 4.78 is 0. The predicted octanol–water partition coefficient (Wildman–Crippen LogP) is 1.52. The van der Waals surface area contributed by atoms with Gasteiger partial charge in [-0.1, -0.05) is 30.3 Å². The first kappa shape index (κ1) is 12.1. The summed E-state index contributed by atoms with van der Waals surface area (Å²) in [5, 5.41) is 0. The second kappa shape index (κ2) is 4.49. The average Bonchev–Trinajstić information content (AvgIpc) is 2.34. The lowest BCUT2D eigenvalue weighted by Crippen LogP contribution is -2.58. The van der Waals surface area contributed by atoms with Crippen molar-refractivity contribution in [2.75, 3.05) is 13.6 Å². The molecule has 2 rings (SSSR count). The van der Waals surface area contributed by atoms with Gasteiger partial charge in [-0.2, -0.15) is 0 Å². The first-order valence-electron chi connectivity index (χ1n) is 6.17. The molecule has 1 aromatic rings. The maximum absolute atomic E-state index is 12.5. The van der Waals surface area contributed by atoms with E-state index in [1.54, 1.807) is 4.90 Å². The van der Waals surface area contributed by atoms with Crippen LogP contribution >= 0.6 is 0 Å². The number of hydrogen-bond donors (Lipinski definition) is 1. The number of nitrogens with zero attached hydrogens (tertiary/aromatic N) is 1. The number of rotatable bonds is 3. The zero-order valence-electron chi connectivity index (χ0n) is 10.5. The Hall–Kier alpha value is -1.35. The van der Waals surface area contributed by atoms with Crippen LogP contribution in [-0.2, 0) is 10.2 Å². The van der Waals surface area contributed by atoms with Crippen LogP contribution in [0.4, 0.5) is 0 Å². The van der Waals surface area contributed by atoms with E-state index in [4.69, 9.17) is 5.73 Å². The molecule has 1 aliphatic carbocycles. The van der Waals surface area contributed by atoms with Gasteiger partial charge in [-0.25, -0.2) is 0 Å². The summed E-state index contributed by atoms with van der Waals surface area (Å²) in [7, 11) is 1.86. The summed E-state index contributed by atoms with van der Waals surface area (Å²) in [6.07, 6.45) is 1.53. The summed E-state index contributed by atoms with van der Waals surface area (Å²) in [4.78, 5) is 14.3. The SMILES string of the molecule is CCN(C)C(=O)C1(c2ccccc2)CC(N)C1. The molecule has 0 spiro atoms. The predicted molar refractivity (Wildman–Crippen MR) is 68.6 cm³/mol. The second-order valence-electron chi connectivity index (χ2n) is 4.94. The molecular weight excluding hydrogens is 212 g/mol. The number of amides is 1. The fraction of sp³-hybridized carbons (Fsp3) is 0.500. The largest absolute Gasteiger partial charge is 0.345 e. The first-order valence-corrected chi connectivity index (χ1v) is 6.17. The van der Waals surface area contributed by atoms with E-state index in [2.05, 4.69) is 0 Å². The highest BCUT2D eigenvalue weighted by Gasteiger charge is 2.50. The molecule has 0 radical (unpaired) electrons. The fourth-order valence-corrected chi connectivity index (χ4v) is 2.64. The molecule has 1 saturated carbocycles. The van der Waals surface area contributed by atoms with Crippen molar-refractivity contribution < 1.29 is 4.79 Å². The lowest BCUT2D eigenvalue weighted by Gasteiger charge is -2.46. The van der Waals surface area contributed by atoms with Gasteiger partial charge in [0.2, 0.25) is 5.91 Å². The molecule has 3 nitrogen and oxygen atoms in total. The van der Waals surface area contributed by atoms with E-state index in [0.717, 1.165) is 24.9 Å². The zero-order valence-corrected chi connectivity index (χ0v) is 10.5. The third-order valence-corrected chi connectivity index (χ3v) is 3.78. The maximum atomic E-state index is 12.5. The Kier molecular flexibility index (Phi) is 3.20. The van der Waals surface area contributed by atoms with Crippen LogP contribution in [0.1, 0.15) is 25.3 Å². The molecule has 0 bridgehead atoms. The van der Waals surface area contributed by atoms with Gasteiger partial charge in [-0.3, -0.25) is 4.79 Å². The van der Waals surface area contributed by atoms with Crippen molar-refractivity contribution in [3.8, 4) is 0 Å². The molecule has 1 aliphatic rings. The van der Waals surface area contributed by atoms with Gasteiger partial charge in [0.15, 0.2) is 0 Å². The summed E-state index contributed by atoms with van der Waals surface area (Å²) in [5.74, 6) is 0.202. The van der Waals surface area contributed by atoms with Gasteiger partial charge in [0.1, 0.15) is 0 Å². The topological polar surface area (TPSA) is 46.3 Å². The minimum absolute atomic E-state index is 0.157. The summed E-state index contributed by atoms with van der Waals surface area (Å²) >= 11 is 0. The molecule has 1 aromatic carbocycles. The van der Waals surface area contributed by atoms with E-state index in [0.29, 0.717) is 0 Å². The number of hydrogen-bond acceptors (Lipinski definition) is 2. The van der Waals surface area contributed by atoms with Crippen molar-refractivity contribution in [3.05, 3.63) is 35.9 Å².